The first-order valence-electron chi connectivity index (χ1n) is 25.9. The second-order valence-corrected chi connectivity index (χ2v) is 22.4. The summed E-state index contributed by atoms with van der Waals surface area (Å²) in [6, 6.07) is 81.9. The normalized spacial score (nSPS) is 14.5. The molecular weight excluding hydrogens is 903 g/mol. The average Bonchev–Trinajstić information content (AvgIpc) is 3.96. The number of benzene rings is 10. The van der Waals surface area contributed by atoms with Gasteiger partial charge in [-0.2, -0.15) is 0 Å². The first kappa shape index (κ1) is 44.1. The van der Waals surface area contributed by atoms with Crippen LogP contribution in [0.5, 0.6) is 23.0 Å². The summed E-state index contributed by atoms with van der Waals surface area (Å²) in [6.45, 7) is 13.9. The van der Waals surface area contributed by atoms with Crippen molar-refractivity contribution in [2.24, 2.45) is 0 Å². The smallest absolute Gasteiger partial charge is 0.137 e. The Hall–Kier alpha value is -8.60. The van der Waals surface area contributed by atoms with Crippen molar-refractivity contribution in [2.75, 3.05) is 4.90 Å². The van der Waals surface area contributed by atoms with E-state index < -0.39 is 10.8 Å². The molecule has 1 aromatic heterocycles. The molecule has 4 heteroatoms. The summed E-state index contributed by atoms with van der Waals surface area (Å²) < 4.78 is 20.8. The number of rotatable bonds is 5. The minimum Gasteiger partial charge on any atom is -0.457 e. The van der Waals surface area contributed by atoms with Gasteiger partial charge in [0, 0.05) is 39.0 Å². The molecule has 0 saturated carbocycles. The molecule has 0 fully saturated rings. The monoisotopic (exact) mass is 957 g/mol. The zero-order valence-corrected chi connectivity index (χ0v) is 42.5. The third-order valence-electron chi connectivity index (χ3n) is 16.2. The predicted octanol–water partition coefficient (Wildman–Crippen LogP) is 18.6. The van der Waals surface area contributed by atoms with Gasteiger partial charge in [-0.3, -0.25) is 0 Å². The second-order valence-electron chi connectivity index (χ2n) is 22.4. The Kier molecular flexibility index (Phi) is 9.51. The van der Waals surface area contributed by atoms with Crippen LogP contribution in [-0.2, 0) is 21.7 Å². The van der Waals surface area contributed by atoms with E-state index in [9.17, 15) is 0 Å². The van der Waals surface area contributed by atoms with Crippen LogP contribution < -0.4 is 14.4 Å². The van der Waals surface area contributed by atoms with Gasteiger partial charge in [-0.05, 0) is 122 Å². The lowest BCUT2D eigenvalue weighted by molar-refractivity contribution is 0.434. The largest absolute Gasteiger partial charge is 0.457 e. The molecule has 0 bridgehead atoms. The van der Waals surface area contributed by atoms with E-state index in [4.69, 9.17) is 13.9 Å². The summed E-state index contributed by atoms with van der Waals surface area (Å²) in [5.41, 5.74) is 17.3. The van der Waals surface area contributed by atoms with E-state index in [0.717, 1.165) is 95.4 Å². The van der Waals surface area contributed by atoms with Gasteiger partial charge in [0.2, 0.25) is 0 Å². The van der Waals surface area contributed by atoms with Crippen molar-refractivity contribution in [3.8, 4) is 34.1 Å². The van der Waals surface area contributed by atoms with Gasteiger partial charge in [0.1, 0.15) is 34.2 Å². The highest BCUT2D eigenvalue weighted by Crippen LogP contribution is 2.64. The van der Waals surface area contributed by atoms with Gasteiger partial charge in [0.15, 0.2) is 0 Å². The highest BCUT2D eigenvalue weighted by Gasteiger charge is 2.52. The molecule has 0 atom stereocenters. The van der Waals surface area contributed by atoms with Crippen molar-refractivity contribution < 1.29 is 13.9 Å². The Morgan fingerprint density at radius 2 is 0.811 bits per heavy atom. The third-order valence-corrected chi connectivity index (χ3v) is 16.2. The Labute approximate surface area is 433 Å². The van der Waals surface area contributed by atoms with Crippen molar-refractivity contribution >= 4 is 39.0 Å². The van der Waals surface area contributed by atoms with E-state index in [-0.39, 0.29) is 10.8 Å². The Balaban J connectivity index is 1.09. The quantitative estimate of drug-likeness (QED) is 0.172. The minimum atomic E-state index is -0.729. The molecule has 0 radical (unpaired) electrons. The highest BCUT2D eigenvalue weighted by molar-refractivity contribution is 6.13. The number of hydrogen-bond donors (Lipinski definition) is 0. The molecule has 3 heterocycles. The molecule has 74 heavy (non-hydrogen) atoms. The summed E-state index contributed by atoms with van der Waals surface area (Å²) in [5.74, 6) is 3.36. The summed E-state index contributed by atoms with van der Waals surface area (Å²) in [4.78, 5) is 2.44. The van der Waals surface area contributed by atoms with Gasteiger partial charge in [0.25, 0.3) is 0 Å². The maximum atomic E-state index is 7.13. The molecule has 3 aliphatic rings. The number of furan rings is 1. The van der Waals surface area contributed by atoms with E-state index in [1.807, 2.05) is 6.07 Å². The molecule has 1 spiro atoms. The maximum Gasteiger partial charge on any atom is 0.137 e. The molecule has 0 amide bonds. The van der Waals surface area contributed by atoms with Crippen LogP contribution in [0.25, 0.3) is 33.1 Å². The van der Waals surface area contributed by atoms with Crippen LogP contribution in [0.4, 0.5) is 17.1 Å². The molecular formula is C70H55NO3. The zero-order chi connectivity index (χ0) is 50.1. The van der Waals surface area contributed by atoms with Gasteiger partial charge < -0.3 is 18.8 Å². The number of nitrogens with zero attached hydrogens (tertiary/aromatic N) is 1. The van der Waals surface area contributed by atoms with E-state index in [1.54, 1.807) is 0 Å². The van der Waals surface area contributed by atoms with Gasteiger partial charge >= 0.3 is 0 Å². The van der Waals surface area contributed by atoms with Crippen molar-refractivity contribution in [1.29, 1.82) is 0 Å². The Morgan fingerprint density at radius 1 is 0.351 bits per heavy atom. The number of para-hydroxylation sites is 3. The third kappa shape index (κ3) is 6.27. The topological polar surface area (TPSA) is 34.8 Å². The second kappa shape index (κ2) is 15.9. The number of hydrogen-bond acceptors (Lipinski definition) is 4. The molecule has 4 nitrogen and oxygen atoms in total. The number of ether oxygens (including phenoxy) is 2. The van der Waals surface area contributed by atoms with Gasteiger partial charge in [-0.25, -0.2) is 0 Å². The first-order valence-corrected chi connectivity index (χ1v) is 25.9. The van der Waals surface area contributed by atoms with E-state index in [1.165, 1.54) is 33.4 Å². The van der Waals surface area contributed by atoms with E-state index in [0.29, 0.717) is 0 Å². The zero-order valence-electron chi connectivity index (χ0n) is 42.5. The van der Waals surface area contributed by atoms with Crippen molar-refractivity contribution in [3.63, 3.8) is 0 Å². The number of fused-ring (bicyclic) bond motifs is 14. The first-order chi connectivity index (χ1) is 35.9. The van der Waals surface area contributed by atoms with Crippen LogP contribution in [-0.4, -0.2) is 0 Å². The average molecular weight is 958 g/mol. The maximum absolute atomic E-state index is 7.13. The lowest BCUT2D eigenvalue weighted by atomic mass is 9.63. The van der Waals surface area contributed by atoms with Crippen LogP contribution in [0, 0.1) is 0 Å². The van der Waals surface area contributed by atoms with Gasteiger partial charge in [-0.15, -0.1) is 0 Å². The molecule has 0 saturated heterocycles. The molecule has 0 N–H and O–H groups in total. The fraction of sp³-hybridized carbons (Fsp3) is 0.143. The lowest BCUT2D eigenvalue weighted by Gasteiger charge is -2.42. The van der Waals surface area contributed by atoms with Gasteiger partial charge in [0.05, 0.1) is 21.9 Å². The molecule has 358 valence electrons. The molecule has 10 aromatic carbocycles. The molecule has 11 aromatic rings. The molecule has 1 aliphatic carbocycles. The number of anilines is 3. The highest BCUT2D eigenvalue weighted by atomic mass is 16.5. The van der Waals surface area contributed by atoms with Crippen LogP contribution in [0.2, 0.25) is 0 Å². The summed E-state index contributed by atoms with van der Waals surface area (Å²) in [6.07, 6.45) is 0. The molecule has 14 rings (SSSR count). The fourth-order valence-electron chi connectivity index (χ4n) is 12.7. The van der Waals surface area contributed by atoms with Crippen LogP contribution >= 0.6 is 0 Å². The van der Waals surface area contributed by atoms with E-state index >= 15 is 0 Å². The van der Waals surface area contributed by atoms with Crippen molar-refractivity contribution in [1.82, 2.24) is 0 Å². The van der Waals surface area contributed by atoms with Crippen LogP contribution in [0.3, 0.4) is 0 Å². The summed E-state index contributed by atoms with van der Waals surface area (Å²) in [5, 5.41) is 2.09. The lowest BCUT2D eigenvalue weighted by Crippen LogP contribution is -2.34. The van der Waals surface area contributed by atoms with Crippen molar-refractivity contribution in [2.45, 2.75) is 63.2 Å². The van der Waals surface area contributed by atoms with E-state index in [2.05, 4.69) is 265 Å². The van der Waals surface area contributed by atoms with Crippen molar-refractivity contribution in [3.05, 3.63) is 280 Å². The predicted molar refractivity (Wildman–Crippen MR) is 302 cm³/mol. The van der Waals surface area contributed by atoms with Crippen LogP contribution in [0.15, 0.2) is 229 Å². The molecule has 2 aliphatic heterocycles. The van der Waals surface area contributed by atoms with Crippen LogP contribution in [0.1, 0.15) is 97.2 Å². The Morgan fingerprint density at radius 3 is 1.36 bits per heavy atom. The molecule has 0 unspecified atom stereocenters. The Bertz CT molecular complexity index is 3950. The minimum absolute atomic E-state index is 0.0921. The SMILES string of the molecule is CC(C)(C)c1ccc2c(c1)C1(c3ccccc3Oc3ccc(N(c4ccc5c(c4)C(c4ccccc4)(c4ccccc4)c4ccccc4O5)c4cccc5oc6ccccc6c45)cc31)c1cc(C(C)(C)C)ccc1-2. The fourth-order valence-corrected chi connectivity index (χ4v) is 12.7. The standard InChI is InChI=1S/C70H55NO3/c1-67(2,3)46-32-36-50-51-37-33-47(68(4,5)6)41-56(51)70(55(50)40-46)54-26-15-18-30-62(54)74-64-39-35-49(43-58(64)70)71(59-27-19-31-65-66(59)52-24-13-16-28-60(52)72-65)48-34-38-63-57(42-48)69(44-20-9-7-10-21-44,45-22-11-8-12-23-45)53-25-14-17-29-61(53)73-63/h7-43H,1-6H3. The summed E-state index contributed by atoms with van der Waals surface area (Å²) in [7, 11) is 0. The van der Waals surface area contributed by atoms with Gasteiger partial charge in [-0.1, -0.05) is 199 Å². The summed E-state index contributed by atoms with van der Waals surface area (Å²) >= 11 is 0.